The molecule has 0 spiro atoms. The van der Waals surface area contributed by atoms with E-state index in [4.69, 9.17) is 9.84 Å². The number of carbonyl (C=O) groups excluding carboxylic acids is 2. The first-order valence-corrected chi connectivity index (χ1v) is 5.71. The van der Waals surface area contributed by atoms with Gasteiger partial charge in [0.05, 0.1) is 6.61 Å². The van der Waals surface area contributed by atoms with Crippen LogP contribution in [0.3, 0.4) is 0 Å². The van der Waals surface area contributed by atoms with Crippen molar-refractivity contribution >= 4 is 11.7 Å². The summed E-state index contributed by atoms with van der Waals surface area (Å²) < 4.78 is 4.90. The second kappa shape index (κ2) is 8.16. The fourth-order valence-electron chi connectivity index (χ4n) is 1.26. The Kier molecular flexibility index (Phi) is 7.69. The van der Waals surface area contributed by atoms with Gasteiger partial charge in [-0.15, -0.1) is 0 Å². The minimum atomic E-state index is -1.36. The Morgan fingerprint density at radius 2 is 1.82 bits per heavy atom. The van der Waals surface area contributed by atoms with Crippen molar-refractivity contribution in [3.05, 3.63) is 0 Å². The van der Waals surface area contributed by atoms with Gasteiger partial charge in [0.2, 0.25) is 5.91 Å². The molecule has 0 radical (unpaired) electrons. The van der Waals surface area contributed by atoms with Crippen molar-refractivity contribution in [3.8, 4) is 0 Å². The molecule has 100 valence electrons. The number of rotatable bonds is 9. The molecule has 1 amide bonds. The molecule has 0 aliphatic carbocycles. The van der Waals surface area contributed by atoms with Gasteiger partial charge in [0.25, 0.3) is 0 Å². The molecule has 0 aromatic carbocycles. The first-order chi connectivity index (χ1) is 8.00. The van der Waals surface area contributed by atoms with Crippen LogP contribution in [-0.4, -0.2) is 53.9 Å². The second-order valence-corrected chi connectivity index (χ2v) is 3.73. The largest absolute Gasteiger partial charge is 0.395 e. The maximum Gasteiger partial charge on any atom is 0.246 e. The van der Waals surface area contributed by atoms with Crippen molar-refractivity contribution in [2.45, 2.75) is 32.3 Å². The highest BCUT2D eigenvalue weighted by atomic mass is 16.5. The summed E-state index contributed by atoms with van der Waals surface area (Å²) in [5.74, 6) is -0.819. The predicted molar refractivity (Wildman–Crippen MR) is 61.5 cm³/mol. The molecule has 0 unspecified atom stereocenters. The van der Waals surface area contributed by atoms with E-state index in [-0.39, 0.29) is 26.4 Å². The molecule has 0 fully saturated rings. The van der Waals surface area contributed by atoms with Crippen LogP contribution < -0.4 is 5.32 Å². The lowest BCUT2D eigenvalue weighted by molar-refractivity contribution is -0.144. The molecule has 17 heavy (non-hydrogen) atoms. The third-order valence-corrected chi connectivity index (χ3v) is 2.59. The van der Waals surface area contributed by atoms with Gasteiger partial charge in [-0.25, -0.2) is 0 Å². The normalized spacial score (nSPS) is 11.3. The van der Waals surface area contributed by atoms with E-state index in [1.807, 2.05) is 0 Å². The summed E-state index contributed by atoms with van der Waals surface area (Å²) in [6.07, 6.45) is 0.644. The molecule has 0 aliphatic heterocycles. The van der Waals surface area contributed by atoms with Crippen molar-refractivity contribution in [1.29, 1.82) is 0 Å². The number of aliphatic hydroxyl groups is 2. The van der Waals surface area contributed by atoms with E-state index >= 15 is 0 Å². The average Bonchev–Trinajstić information content (AvgIpc) is 2.35. The van der Waals surface area contributed by atoms with E-state index in [2.05, 4.69) is 5.32 Å². The molecule has 0 aromatic rings. The summed E-state index contributed by atoms with van der Waals surface area (Å²) >= 11 is 0. The van der Waals surface area contributed by atoms with Gasteiger partial charge < -0.3 is 20.3 Å². The van der Waals surface area contributed by atoms with Crippen molar-refractivity contribution in [3.63, 3.8) is 0 Å². The van der Waals surface area contributed by atoms with E-state index in [1.54, 1.807) is 13.8 Å². The van der Waals surface area contributed by atoms with E-state index in [1.165, 1.54) is 0 Å². The topological polar surface area (TPSA) is 95.9 Å². The minimum absolute atomic E-state index is 0.143. The molecular formula is C11H21NO5. The number of ether oxygens (including phenoxy) is 1. The minimum Gasteiger partial charge on any atom is -0.395 e. The highest BCUT2D eigenvalue weighted by molar-refractivity contribution is 5.88. The molecule has 0 atom stereocenters. The lowest BCUT2D eigenvalue weighted by Gasteiger charge is -2.23. The van der Waals surface area contributed by atoms with Gasteiger partial charge in [-0.3, -0.25) is 9.59 Å². The Morgan fingerprint density at radius 3 is 2.29 bits per heavy atom. The summed E-state index contributed by atoms with van der Waals surface area (Å²) in [7, 11) is 0. The van der Waals surface area contributed by atoms with Gasteiger partial charge in [-0.1, -0.05) is 13.8 Å². The van der Waals surface area contributed by atoms with Crippen LogP contribution in [0, 0.1) is 0 Å². The van der Waals surface area contributed by atoms with E-state index in [0.717, 1.165) is 0 Å². The third kappa shape index (κ3) is 5.76. The summed E-state index contributed by atoms with van der Waals surface area (Å²) in [4.78, 5) is 22.6. The first kappa shape index (κ1) is 16.0. The number of ketones is 1. The fraction of sp³-hybridized carbons (Fsp3) is 0.818. The number of hydrogen-bond donors (Lipinski definition) is 3. The van der Waals surface area contributed by atoms with E-state index in [9.17, 15) is 14.7 Å². The zero-order chi connectivity index (χ0) is 13.3. The predicted octanol–water partition coefficient (Wildman–Crippen LogP) is -0.768. The molecule has 0 aromatic heterocycles. The first-order valence-electron chi connectivity index (χ1n) is 5.71. The van der Waals surface area contributed by atoms with Gasteiger partial charge in [0.15, 0.2) is 5.78 Å². The Balaban J connectivity index is 3.89. The average molecular weight is 247 g/mol. The fourth-order valence-corrected chi connectivity index (χ4v) is 1.26. The van der Waals surface area contributed by atoms with Crippen LogP contribution in [0.2, 0.25) is 0 Å². The van der Waals surface area contributed by atoms with Crippen molar-refractivity contribution in [1.82, 2.24) is 5.32 Å². The van der Waals surface area contributed by atoms with Crippen LogP contribution in [0.15, 0.2) is 0 Å². The number of amides is 1. The van der Waals surface area contributed by atoms with Crippen molar-refractivity contribution in [2.75, 3.05) is 26.4 Å². The molecular weight excluding hydrogens is 226 g/mol. The highest BCUT2D eigenvalue weighted by Gasteiger charge is 2.31. The molecule has 6 nitrogen and oxygen atoms in total. The van der Waals surface area contributed by atoms with Crippen LogP contribution in [0.1, 0.15) is 26.7 Å². The standard InChI is InChI=1S/C11H21NO5/c1-3-11(16,4-2)9(14)7-17-8-10(15)12-5-6-13/h13,16H,3-8H2,1-2H3,(H,12,15). The van der Waals surface area contributed by atoms with Crippen LogP contribution >= 0.6 is 0 Å². The van der Waals surface area contributed by atoms with Gasteiger partial charge in [-0.2, -0.15) is 0 Å². The van der Waals surface area contributed by atoms with E-state index in [0.29, 0.717) is 12.8 Å². The van der Waals surface area contributed by atoms with E-state index < -0.39 is 17.3 Å². The summed E-state index contributed by atoms with van der Waals surface area (Å²) in [5, 5.41) is 20.7. The summed E-state index contributed by atoms with van der Waals surface area (Å²) in [6, 6.07) is 0. The zero-order valence-corrected chi connectivity index (χ0v) is 10.4. The lowest BCUT2D eigenvalue weighted by atomic mass is 9.93. The van der Waals surface area contributed by atoms with Gasteiger partial charge >= 0.3 is 0 Å². The van der Waals surface area contributed by atoms with Crippen LogP contribution in [0.5, 0.6) is 0 Å². The Bertz CT molecular complexity index is 250. The van der Waals surface area contributed by atoms with Crippen LogP contribution in [-0.2, 0) is 14.3 Å². The monoisotopic (exact) mass is 247 g/mol. The Labute approximate surface area is 101 Å². The third-order valence-electron chi connectivity index (χ3n) is 2.59. The summed E-state index contributed by atoms with van der Waals surface area (Å²) in [5.41, 5.74) is -1.36. The number of carbonyl (C=O) groups is 2. The summed E-state index contributed by atoms with van der Waals surface area (Å²) in [6.45, 7) is 2.91. The smallest absolute Gasteiger partial charge is 0.246 e. The van der Waals surface area contributed by atoms with Gasteiger partial charge in [-0.05, 0) is 12.8 Å². The Hall–Kier alpha value is -0.980. The molecule has 3 N–H and O–H groups in total. The SMILES string of the molecule is CCC(O)(CC)C(=O)COCC(=O)NCCO. The Morgan fingerprint density at radius 1 is 1.24 bits per heavy atom. The second-order valence-electron chi connectivity index (χ2n) is 3.73. The molecule has 0 heterocycles. The molecule has 0 saturated carbocycles. The van der Waals surface area contributed by atoms with Crippen molar-refractivity contribution in [2.24, 2.45) is 0 Å². The number of aliphatic hydroxyl groups excluding tert-OH is 1. The molecule has 6 heteroatoms. The maximum atomic E-state index is 11.6. The molecule has 0 aliphatic rings. The number of Topliss-reactive ketones (excluding diaryl/α,β-unsaturated/α-hetero) is 1. The van der Waals surface area contributed by atoms with Crippen LogP contribution in [0.25, 0.3) is 0 Å². The molecule has 0 rings (SSSR count). The quantitative estimate of drug-likeness (QED) is 0.497. The van der Waals surface area contributed by atoms with Gasteiger partial charge in [0.1, 0.15) is 18.8 Å². The maximum absolute atomic E-state index is 11.6. The lowest BCUT2D eigenvalue weighted by Crippen LogP contribution is -2.40. The van der Waals surface area contributed by atoms with Crippen LogP contribution in [0.4, 0.5) is 0 Å². The molecule has 0 saturated heterocycles. The highest BCUT2D eigenvalue weighted by Crippen LogP contribution is 2.15. The number of hydrogen-bond acceptors (Lipinski definition) is 5. The number of nitrogens with one attached hydrogen (secondary N) is 1. The zero-order valence-electron chi connectivity index (χ0n) is 10.4. The van der Waals surface area contributed by atoms with Gasteiger partial charge in [0, 0.05) is 6.54 Å². The van der Waals surface area contributed by atoms with Crippen molar-refractivity contribution < 1.29 is 24.5 Å². The molecule has 0 bridgehead atoms.